The Labute approximate surface area is 119 Å². The zero-order valence-electron chi connectivity index (χ0n) is 10.6. The maximum atomic E-state index is 10.3. The topological polar surface area (TPSA) is 93.2 Å². The summed E-state index contributed by atoms with van der Waals surface area (Å²) in [5.74, 6) is 2.33. The van der Waals surface area contributed by atoms with E-state index in [9.17, 15) is 10.1 Å². The van der Waals surface area contributed by atoms with Crippen molar-refractivity contribution in [3.63, 3.8) is 0 Å². The van der Waals surface area contributed by atoms with Gasteiger partial charge in [-0.05, 0) is 11.6 Å². The molecule has 2 N–H and O–H groups in total. The highest BCUT2D eigenvalue weighted by Crippen LogP contribution is 2.21. The molecule has 1 aromatic rings. The van der Waals surface area contributed by atoms with Gasteiger partial charge in [0.2, 0.25) is 5.22 Å². The molecule has 0 bridgehead atoms. The minimum atomic E-state index is -0.510. The number of hydrogen-bond donors (Lipinski definition) is 2. The number of nitrogens with one attached hydrogen (secondary N) is 2. The molecule has 0 saturated carbocycles. The van der Waals surface area contributed by atoms with Crippen LogP contribution in [0.25, 0.3) is 0 Å². The number of halogens is 1. The van der Waals surface area contributed by atoms with E-state index in [0.717, 1.165) is 17.6 Å². The van der Waals surface area contributed by atoms with Crippen LogP contribution in [0.15, 0.2) is 16.4 Å². The van der Waals surface area contributed by atoms with E-state index in [1.54, 1.807) is 25.7 Å². The van der Waals surface area contributed by atoms with Crippen molar-refractivity contribution in [2.24, 2.45) is 0 Å². The van der Waals surface area contributed by atoms with Crippen LogP contribution in [-0.4, -0.2) is 29.3 Å². The third-order valence-electron chi connectivity index (χ3n) is 2.06. The third-order valence-corrected chi connectivity index (χ3v) is 3.33. The van der Waals surface area contributed by atoms with Gasteiger partial charge < -0.3 is 15.1 Å². The van der Waals surface area contributed by atoms with Gasteiger partial charge in [-0.25, -0.2) is 4.98 Å². The van der Waals surface area contributed by atoms with Gasteiger partial charge in [0, 0.05) is 32.0 Å². The zero-order valence-corrected chi connectivity index (χ0v) is 12.2. The molecule has 1 aromatic heterocycles. The number of nitro groups is 1. The standard InChI is InChI=1S/C10H15ClN4O3S/c1-7-14-8(10(11)18-7)6-19-4-3-13-9(12-2)5-15(16)17/h5,12-13H,3-4,6H2,1-2H3. The van der Waals surface area contributed by atoms with Crippen LogP contribution in [0.4, 0.5) is 0 Å². The molecule has 0 fully saturated rings. The first-order valence-electron chi connectivity index (χ1n) is 5.49. The van der Waals surface area contributed by atoms with Crippen molar-refractivity contribution >= 4 is 23.4 Å². The van der Waals surface area contributed by atoms with Crippen molar-refractivity contribution in [3.05, 3.63) is 38.9 Å². The quantitative estimate of drug-likeness (QED) is 0.429. The van der Waals surface area contributed by atoms with Gasteiger partial charge in [-0.1, -0.05) is 0 Å². The summed E-state index contributed by atoms with van der Waals surface area (Å²) in [7, 11) is 1.62. The molecule has 0 saturated heterocycles. The highest BCUT2D eigenvalue weighted by atomic mass is 35.5. The van der Waals surface area contributed by atoms with Crippen molar-refractivity contribution in [3.8, 4) is 0 Å². The molecule has 0 atom stereocenters. The Bertz CT molecular complexity index is 464. The van der Waals surface area contributed by atoms with Gasteiger partial charge in [-0.3, -0.25) is 10.1 Å². The summed E-state index contributed by atoms with van der Waals surface area (Å²) in [5, 5.41) is 16.2. The van der Waals surface area contributed by atoms with Crippen LogP contribution >= 0.6 is 23.4 Å². The van der Waals surface area contributed by atoms with E-state index in [-0.39, 0.29) is 0 Å². The Kier molecular flexibility index (Phi) is 6.51. The number of oxazole rings is 1. The molecule has 0 radical (unpaired) electrons. The van der Waals surface area contributed by atoms with Gasteiger partial charge in [0.1, 0.15) is 5.69 Å². The number of thioether (sulfide) groups is 1. The first-order chi connectivity index (χ1) is 9.02. The number of rotatable bonds is 8. The predicted octanol–water partition coefficient (Wildman–Crippen LogP) is 1.75. The lowest BCUT2D eigenvalue weighted by atomic mass is 10.6. The van der Waals surface area contributed by atoms with Gasteiger partial charge >= 0.3 is 0 Å². The molecule has 0 amide bonds. The molecule has 0 unspecified atom stereocenters. The normalized spacial score (nSPS) is 11.4. The van der Waals surface area contributed by atoms with Gasteiger partial charge in [-0.15, -0.1) is 0 Å². The summed E-state index contributed by atoms with van der Waals surface area (Å²) in [6.07, 6.45) is 0.891. The molecule has 1 heterocycles. The second-order valence-corrected chi connectivity index (χ2v) is 4.96. The average Bonchev–Trinajstić information content (AvgIpc) is 2.65. The monoisotopic (exact) mass is 306 g/mol. The molecule has 0 aliphatic heterocycles. The van der Waals surface area contributed by atoms with E-state index in [2.05, 4.69) is 15.6 Å². The number of hydrogen-bond acceptors (Lipinski definition) is 7. The zero-order chi connectivity index (χ0) is 14.3. The first-order valence-corrected chi connectivity index (χ1v) is 7.02. The maximum absolute atomic E-state index is 10.3. The first kappa shape index (κ1) is 15.6. The van der Waals surface area contributed by atoms with E-state index >= 15 is 0 Å². The van der Waals surface area contributed by atoms with Crippen LogP contribution in [0.3, 0.4) is 0 Å². The molecule has 0 aromatic carbocycles. The van der Waals surface area contributed by atoms with Gasteiger partial charge in [0.15, 0.2) is 11.7 Å². The van der Waals surface area contributed by atoms with E-state index in [1.165, 1.54) is 0 Å². The number of aromatic nitrogens is 1. The summed E-state index contributed by atoms with van der Waals surface area (Å²) < 4.78 is 5.10. The van der Waals surface area contributed by atoms with Crippen molar-refractivity contribution in [2.75, 3.05) is 19.3 Å². The van der Waals surface area contributed by atoms with E-state index in [4.69, 9.17) is 16.0 Å². The lowest BCUT2D eigenvalue weighted by Gasteiger charge is -2.06. The number of nitrogens with zero attached hydrogens (tertiary/aromatic N) is 2. The summed E-state index contributed by atoms with van der Waals surface area (Å²) in [4.78, 5) is 13.9. The van der Waals surface area contributed by atoms with Crippen LogP contribution in [0.1, 0.15) is 11.6 Å². The minimum absolute atomic E-state index is 0.321. The minimum Gasteiger partial charge on any atom is -0.429 e. The molecule has 1 rings (SSSR count). The average molecular weight is 307 g/mol. The van der Waals surface area contributed by atoms with Gasteiger partial charge in [0.05, 0.1) is 4.92 Å². The van der Waals surface area contributed by atoms with Gasteiger partial charge in [-0.2, -0.15) is 11.8 Å². The molecule has 0 aliphatic rings. The lowest BCUT2D eigenvalue weighted by Crippen LogP contribution is -2.26. The van der Waals surface area contributed by atoms with Crippen molar-refractivity contribution < 1.29 is 9.34 Å². The smallest absolute Gasteiger partial charge is 0.274 e. The van der Waals surface area contributed by atoms with Crippen molar-refractivity contribution in [2.45, 2.75) is 12.7 Å². The van der Waals surface area contributed by atoms with Crippen LogP contribution < -0.4 is 10.6 Å². The fourth-order valence-electron chi connectivity index (χ4n) is 1.27. The Hall–Kier alpha value is -1.41. The van der Waals surface area contributed by atoms with Crippen LogP contribution in [0, 0.1) is 17.0 Å². The summed E-state index contributed by atoms with van der Waals surface area (Å²) in [6.45, 7) is 2.34. The molecule has 0 spiro atoms. The SMILES string of the molecule is CNC(=C[N+](=O)[O-])NCCSCc1nc(C)oc1Cl. The highest BCUT2D eigenvalue weighted by Gasteiger charge is 2.08. The molecule has 19 heavy (non-hydrogen) atoms. The molecule has 106 valence electrons. The number of aryl methyl sites for hydroxylation is 1. The second kappa shape index (κ2) is 7.90. The second-order valence-electron chi connectivity index (χ2n) is 3.51. The van der Waals surface area contributed by atoms with Crippen LogP contribution in [0.2, 0.25) is 5.22 Å². The molecular weight excluding hydrogens is 292 g/mol. The summed E-state index contributed by atoms with van der Waals surface area (Å²) >= 11 is 7.45. The fourth-order valence-corrected chi connectivity index (χ4v) is 2.34. The third kappa shape index (κ3) is 5.84. The Morgan fingerprint density at radius 1 is 1.68 bits per heavy atom. The van der Waals surface area contributed by atoms with Crippen LogP contribution in [-0.2, 0) is 5.75 Å². The van der Waals surface area contributed by atoms with Crippen molar-refractivity contribution in [1.82, 2.24) is 15.6 Å². The summed E-state index contributed by atoms with van der Waals surface area (Å²) in [6, 6.07) is 0. The lowest BCUT2D eigenvalue weighted by molar-refractivity contribution is -0.404. The Balaban J connectivity index is 2.24. The molecular formula is C10H15ClN4O3S. The fraction of sp³-hybridized carbons (Fsp3) is 0.500. The molecule has 9 heteroatoms. The van der Waals surface area contributed by atoms with E-state index in [1.807, 2.05) is 0 Å². The maximum Gasteiger partial charge on any atom is 0.274 e. The van der Waals surface area contributed by atoms with Crippen molar-refractivity contribution in [1.29, 1.82) is 0 Å². The molecule has 7 nitrogen and oxygen atoms in total. The van der Waals surface area contributed by atoms with Gasteiger partial charge in [0.25, 0.3) is 6.20 Å². The highest BCUT2D eigenvalue weighted by molar-refractivity contribution is 7.98. The Morgan fingerprint density at radius 3 is 2.95 bits per heavy atom. The van der Waals surface area contributed by atoms with E-state index in [0.29, 0.717) is 29.2 Å². The van der Waals surface area contributed by atoms with E-state index < -0.39 is 4.92 Å². The largest absolute Gasteiger partial charge is 0.429 e. The van der Waals surface area contributed by atoms with Crippen LogP contribution in [0.5, 0.6) is 0 Å². The summed E-state index contributed by atoms with van der Waals surface area (Å²) in [5.41, 5.74) is 0.721. The predicted molar refractivity (Wildman–Crippen MR) is 74.6 cm³/mol. The molecule has 0 aliphatic carbocycles. The Morgan fingerprint density at radius 2 is 2.42 bits per heavy atom.